The molecule has 0 aliphatic carbocycles. The van der Waals surface area contributed by atoms with Crippen molar-refractivity contribution in [3.63, 3.8) is 0 Å². The summed E-state index contributed by atoms with van der Waals surface area (Å²) in [5.74, 6) is 0.0957. The van der Waals surface area contributed by atoms with Gasteiger partial charge in [-0.15, -0.1) is 11.3 Å². The van der Waals surface area contributed by atoms with E-state index in [0.29, 0.717) is 10.8 Å². The highest BCUT2D eigenvalue weighted by atomic mass is 32.1. The number of hydrogen-bond donors (Lipinski definition) is 1. The molecule has 0 aromatic carbocycles. The van der Waals surface area contributed by atoms with Crippen molar-refractivity contribution in [2.24, 2.45) is 0 Å². The topological polar surface area (TPSA) is 37.8 Å². The second-order valence-corrected chi connectivity index (χ2v) is 5.28. The first-order valence-corrected chi connectivity index (χ1v) is 7.54. The standard InChI is InChI=1S/C16H14F3N3S/c1-3-5-7-11(4-2)12-10-23-15(20-12)22-14-9-6-8-13(21-14)16(17,18)19/h3-10H,2H2,1H3,(H,20,21,22)/b5-3-,11-7+. The van der Waals surface area contributed by atoms with Crippen LogP contribution in [0.25, 0.3) is 5.57 Å². The number of rotatable bonds is 5. The number of anilines is 2. The summed E-state index contributed by atoms with van der Waals surface area (Å²) in [6.45, 7) is 5.62. The van der Waals surface area contributed by atoms with Crippen molar-refractivity contribution in [2.45, 2.75) is 13.1 Å². The zero-order valence-electron chi connectivity index (χ0n) is 12.3. The maximum Gasteiger partial charge on any atom is 0.433 e. The zero-order valence-corrected chi connectivity index (χ0v) is 13.1. The molecule has 0 amide bonds. The quantitative estimate of drug-likeness (QED) is 0.738. The number of hydrogen-bond acceptors (Lipinski definition) is 4. The minimum Gasteiger partial charge on any atom is -0.316 e. The highest BCUT2D eigenvalue weighted by molar-refractivity contribution is 7.13. The SMILES string of the molecule is C=C/C(=C\C=C/C)c1csc(Nc2cccc(C(F)(F)F)n2)n1. The number of allylic oxidation sites excluding steroid dienone is 5. The van der Waals surface area contributed by atoms with E-state index in [4.69, 9.17) is 0 Å². The predicted octanol–water partition coefficient (Wildman–Crippen LogP) is 5.45. The molecule has 120 valence electrons. The van der Waals surface area contributed by atoms with E-state index in [9.17, 15) is 13.2 Å². The fraction of sp³-hybridized carbons (Fsp3) is 0.125. The maximum absolute atomic E-state index is 12.7. The number of thiazole rings is 1. The number of alkyl halides is 3. The first kappa shape index (κ1) is 17.0. The second-order valence-electron chi connectivity index (χ2n) is 4.42. The molecule has 0 saturated carbocycles. The molecule has 0 radical (unpaired) electrons. The van der Waals surface area contributed by atoms with Gasteiger partial charge in [0.05, 0.1) is 5.69 Å². The van der Waals surface area contributed by atoms with E-state index in [0.717, 1.165) is 11.6 Å². The van der Waals surface area contributed by atoms with Gasteiger partial charge in [-0.3, -0.25) is 0 Å². The molecular formula is C16H14F3N3S. The lowest BCUT2D eigenvalue weighted by molar-refractivity contribution is -0.141. The van der Waals surface area contributed by atoms with E-state index in [1.165, 1.54) is 23.5 Å². The van der Waals surface area contributed by atoms with Crippen molar-refractivity contribution in [1.29, 1.82) is 0 Å². The molecule has 0 saturated heterocycles. The first-order chi connectivity index (χ1) is 10.9. The average molecular weight is 337 g/mol. The van der Waals surface area contributed by atoms with Crippen LogP contribution < -0.4 is 5.32 Å². The third kappa shape index (κ3) is 4.53. The van der Waals surface area contributed by atoms with Crippen molar-refractivity contribution in [3.05, 3.63) is 65.9 Å². The molecule has 0 spiro atoms. The molecule has 0 aliphatic rings. The van der Waals surface area contributed by atoms with Crippen LogP contribution in [0.1, 0.15) is 18.3 Å². The Hall–Kier alpha value is -2.41. The molecule has 0 aliphatic heterocycles. The van der Waals surface area contributed by atoms with Crippen molar-refractivity contribution < 1.29 is 13.2 Å². The number of nitrogens with zero attached hydrogens (tertiary/aromatic N) is 2. The molecule has 2 aromatic heterocycles. The average Bonchev–Trinajstić information content (AvgIpc) is 2.96. The van der Waals surface area contributed by atoms with Gasteiger partial charge in [0.1, 0.15) is 11.5 Å². The van der Waals surface area contributed by atoms with Crippen LogP contribution in [0, 0.1) is 0 Å². The molecule has 3 nitrogen and oxygen atoms in total. The van der Waals surface area contributed by atoms with Crippen LogP contribution in [-0.4, -0.2) is 9.97 Å². The van der Waals surface area contributed by atoms with Gasteiger partial charge < -0.3 is 5.32 Å². The Labute approximate surface area is 135 Å². The van der Waals surface area contributed by atoms with Gasteiger partial charge in [-0.05, 0) is 19.1 Å². The summed E-state index contributed by atoms with van der Waals surface area (Å²) < 4.78 is 38.0. The fourth-order valence-corrected chi connectivity index (χ4v) is 2.42. The van der Waals surface area contributed by atoms with Crippen LogP contribution >= 0.6 is 11.3 Å². The smallest absolute Gasteiger partial charge is 0.316 e. The van der Waals surface area contributed by atoms with Crippen LogP contribution in [0.2, 0.25) is 0 Å². The highest BCUT2D eigenvalue weighted by Crippen LogP contribution is 2.29. The van der Waals surface area contributed by atoms with Crippen molar-refractivity contribution >= 4 is 27.9 Å². The van der Waals surface area contributed by atoms with Gasteiger partial charge >= 0.3 is 6.18 Å². The highest BCUT2D eigenvalue weighted by Gasteiger charge is 2.32. The van der Waals surface area contributed by atoms with Gasteiger partial charge in [-0.25, -0.2) is 9.97 Å². The van der Waals surface area contributed by atoms with Gasteiger partial charge in [-0.2, -0.15) is 13.2 Å². The third-order valence-electron chi connectivity index (χ3n) is 2.76. The van der Waals surface area contributed by atoms with Crippen molar-refractivity contribution in [3.8, 4) is 0 Å². The van der Waals surface area contributed by atoms with Crippen LogP contribution in [-0.2, 0) is 6.18 Å². The minimum absolute atomic E-state index is 0.0957. The second kappa shape index (κ2) is 7.23. The number of pyridine rings is 1. The van der Waals surface area contributed by atoms with Gasteiger partial charge in [0.2, 0.25) is 0 Å². The van der Waals surface area contributed by atoms with Gasteiger partial charge in [-0.1, -0.05) is 36.9 Å². The minimum atomic E-state index is -4.48. The summed E-state index contributed by atoms with van der Waals surface area (Å²) in [4.78, 5) is 7.88. The molecule has 0 fully saturated rings. The first-order valence-electron chi connectivity index (χ1n) is 6.66. The molecule has 1 N–H and O–H groups in total. The summed E-state index contributed by atoms with van der Waals surface area (Å²) in [5, 5.41) is 5.05. The Kier molecular flexibility index (Phi) is 5.33. The largest absolute Gasteiger partial charge is 0.433 e. The molecule has 0 bridgehead atoms. The Morgan fingerprint density at radius 1 is 1.30 bits per heavy atom. The van der Waals surface area contributed by atoms with Crippen LogP contribution in [0.3, 0.4) is 0 Å². The monoisotopic (exact) mass is 337 g/mol. The lowest BCUT2D eigenvalue weighted by Crippen LogP contribution is -2.08. The summed E-state index contributed by atoms with van der Waals surface area (Å²) in [7, 11) is 0. The van der Waals surface area contributed by atoms with Crippen LogP contribution in [0.15, 0.2) is 54.5 Å². The van der Waals surface area contributed by atoms with Crippen molar-refractivity contribution in [1.82, 2.24) is 9.97 Å². The van der Waals surface area contributed by atoms with E-state index in [1.54, 1.807) is 11.5 Å². The molecule has 0 atom stereocenters. The summed E-state index contributed by atoms with van der Waals surface area (Å²) in [5.41, 5.74) is 0.570. The lowest BCUT2D eigenvalue weighted by atomic mass is 10.2. The Balaban J connectivity index is 2.21. The number of halogens is 3. The van der Waals surface area contributed by atoms with Gasteiger partial charge in [0.15, 0.2) is 5.13 Å². The molecule has 7 heteroatoms. The molecule has 23 heavy (non-hydrogen) atoms. The Morgan fingerprint density at radius 3 is 2.74 bits per heavy atom. The van der Waals surface area contributed by atoms with E-state index < -0.39 is 11.9 Å². The van der Waals surface area contributed by atoms with Gasteiger partial charge in [0, 0.05) is 11.0 Å². The number of aromatic nitrogens is 2. The van der Waals surface area contributed by atoms with Crippen molar-refractivity contribution in [2.75, 3.05) is 5.32 Å². The molecule has 0 unspecified atom stereocenters. The van der Waals surface area contributed by atoms with E-state index in [2.05, 4.69) is 21.9 Å². The molecule has 2 rings (SSSR count). The Bertz CT molecular complexity index is 745. The maximum atomic E-state index is 12.7. The molecule has 2 heterocycles. The summed E-state index contributed by atoms with van der Waals surface area (Å²) in [6, 6.07) is 3.68. The lowest BCUT2D eigenvalue weighted by Gasteiger charge is -2.07. The fourth-order valence-electron chi connectivity index (χ4n) is 1.69. The van der Waals surface area contributed by atoms with Crippen LogP contribution in [0.5, 0.6) is 0 Å². The predicted molar refractivity (Wildman–Crippen MR) is 87.6 cm³/mol. The molecule has 2 aromatic rings. The van der Waals surface area contributed by atoms with E-state index in [1.807, 2.05) is 25.2 Å². The zero-order chi connectivity index (χ0) is 16.9. The number of nitrogens with one attached hydrogen (secondary N) is 1. The summed E-state index contributed by atoms with van der Waals surface area (Å²) in [6.07, 6.45) is 2.78. The Morgan fingerprint density at radius 2 is 2.09 bits per heavy atom. The van der Waals surface area contributed by atoms with Gasteiger partial charge in [0.25, 0.3) is 0 Å². The summed E-state index contributed by atoms with van der Waals surface area (Å²) >= 11 is 1.28. The molecular weight excluding hydrogens is 323 g/mol. The normalized spacial score (nSPS) is 12.6. The van der Waals surface area contributed by atoms with E-state index >= 15 is 0 Å². The van der Waals surface area contributed by atoms with E-state index in [-0.39, 0.29) is 5.82 Å². The third-order valence-corrected chi connectivity index (χ3v) is 3.52. The van der Waals surface area contributed by atoms with Crippen LogP contribution in [0.4, 0.5) is 24.1 Å².